The van der Waals surface area contributed by atoms with E-state index in [1.165, 1.54) is 11.3 Å². The molecular weight excluding hydrogens is 276 g/mol. The Kier molecular flexibility index (Phi) is 6.74. The third-order valence-corrected chi connectivity index (χ3v) is 3.63. The Labute approximate surface area is 124 Å². The number of hydrogen-bond acceptors (Lipinski definition) is 6. The Bertz CT molecular complexity index is 434. The van der Waals surface area contributed by atoms with E-state index in [1.54, 1.807) is 12.0 Å². The van der Waals surface area contributed by atoms with Crippen molar-refractivity contribution in [3.05, 3.63) is 4.88 Å². The summed E-state index contributed by atoms with van der Waals surface area (Å²) >= 11 is 1.30. The predicted octanol–water partition coefficient (Wildman–Crippen LogP) is 1.90. The monoisotopic (exact) mass is 300 g/mol. The van der Waals surface area contributed by atoms with Crippen molar-refractivity contribution in [1.29, 1.82) is 0 Å². The summed E-state index contributed by atoms with van der Waals surface area (Å²) in [7, 11) is 1.63. The highest BCUT2D eigenvalue weighted by molar-refractivity contribution is 7.18. The molecule has 0 saturated heterocycles. The summed E-state index contributed by atoms with van der Waals surface area (Å²) in [6.07, 6.45) is 0. The number of amides is 1. The molecule has 1 rings (SSSR count). The molecule has 7 heteroatoms. The van der Waals surface area contributed by atoms with Gasteiger partial charge in [0.15, 0.2) is 5.13 Å². The third kappa shape index (κ3) is 4.64. The van der Waals surface area contributed by atoms with Gasteiger partial charge in [0.2, 0.25) is 0 Å². The molecule has 0 fully saturated rings. The van der Waals surface area contributed by atoms with E-state index in [1.807, 2.05) is 6.92 Å². The van der Waals surface area contributed by atoms with Gasteiger partial charge in [-0.1, -0.05) is 25.2 Å². The molecule has 0 spiro atoms. The van der Waals surface area contributed by atoms with Crippen molar-refractivity contribution in [2.75, 3.05) is 44.4 Å². The van der Waals surface area contributed by atoms with Crippen molar-refractivity contribution >= 4 is 28.2 Å². The Morgan fingerprint density at radius 2 is 2.25 bits per heavy atom. The standard InChI is InChI=1S/C13H24N4O2S/c1-5-15-13-16-11(14)10(20-13)12(18)17(6-7-19-4)8-9(2)3/h9H,5-8,14H2,1-4H3,(H,15,16). The second kappa shape index (κ2) is 8.06. The molecule has 0 radical (unpaired) electrons. The van der Waals surface area contributed by atoms with Crippen LogP contribution >= 0.6 is 11.3 Å². The van der Waals surface area contributed by atoms with Crippen LogP contribution in [0, 0.1) is 5.92 Å². The summed E-state index contributed by atoms with van der Waals surface area (Å²) in [5, 5.41) is 3.76. The molecule has 1 aromatic heterocycles. The minimum absolute atomic E-state index is 0.0742. The van der Waals surface area contributed by atoms with Crippen LogP contribution < -0.4 is 11.1 Å². The van der Waals surface area contributed by atoms with Crippen LogP contribution in [-0.4, -0.2) is 49.1 Å². The zero-order valence-electron chi connectivity index (χ0n) is 12.6. The van der Waals surface area contributed by atoms with Gasteiger partial charge < -0.3 is 20.7 Å². The summed E-state index contributed by atoms with van der Waals surface area (Å²) in [5.74, 6) is 0.607. The van der Waals surface area contributed by atoms with E-state index < -0.39 is 0 Å². The molecule has 1 aromatic rings. The van der Waals surface area contributed by atoms with E-state index in [9.17, 15) is 4.79 Å². The lowest BCUT2D eigenvalue weighted by molar-refractivity contribution is 0.0678. The first-order valence-corrected chi connectivity index (χ1v) is 7.59. The van der Waals surface area contributed by atoms with Crippen molar-refractivity contribution in [3.63, 3.8) is 0 Å². The lowest BCUT2D eigenvalue weighted by Gasteiger charge is -2.23. The molecule has 1 heterocycles. The van der Waals surface area contributed by atoms with Crippen molar-refractivity contribution in [3.8, 4) is 0 Å². The van der Waals surface area contributed by atoms with Gasteiger partial charge >= 0.3 is 0 Å². The van der Waals surface area contributed by atoms with E-state index in [0.29, 0.717) is 41.4 Å². The fourth-order valence-electron chi connectivity index (χ4n) is 1.77. The molecule has 20 heavy (non-hydrogen) atoms. The molecule has 0 aliphatic carbocycles. The Balaban J connectivity index is 2.86. The maximum atomic E-state index is 12.6. The van der Waals surface area contributed by atoms with Crippen molar-refractivity contribution in [2.24, 2.45) is 5.92 Å². The normalized spacial score (nSPS) is 10.8. The van der Waals surface area contributed by atoms with Gasteiger partial charge in [-0.2, -0.15) is 0 Å². The molecule has 0 aliphatic heterocycles. The van der Waals surface area contributed by atoms with Gasteiger partial charge in [-0.3, -0.25) is 4.79 Å². The number of aromatic nitrogens is 1. The number of rotatable bonds is 8. The smallest absolute Gasteiger partial charge is 0.267 e. The van der Waals surface area contributed by atoms with Gasteiger partial charge in [0.1, 0.15) is 10.7 Å². The number of anilines is 2. The molecule has 0 unspecified atom stereocenters. The number of carbonyl (C=O) groups is 1. The zero-order chi connectivity index (χ0) is 15.1. The lowest BCUT2D eigenvalue weighted by atomic mass is 10.2. The van der Waals surface area contributed by atoms with Crippen molar-refractivity contribution in [2.45, 2.75) is 20.8 Å². The average molecular weight is 300 g/mol. The molecule has 6 nitrogen and oxygen atoms in total. The topological polar surface area (TPSA) is 80.5 Å². The van der Waals surface area contributed by atoms with E-state index in [4.69, 9.17) is 10.5 Å². The molecule has 0 atom stereocenters. The molecule has 0 saturated carbocycles. The van der Waals surface area contributed by atoms with E-state index in [-0.39, 0.29) is 5.91 Å². The lowest BCUT2D eigenvalue weighted by Crippen LogP contribution is -2.36. The Morgan fingerprint density at radius 3 is 2.80 bits per heavy atom. The highest BCUT2D eigenvalue weighted by Crippen LogP contribution is 2.26. The first-order valence-electron chi connectivity index (χ1n) is 6.77. The van der Waals surface area contributed by atoms with Crippen LogP contribution in [0.15, 0.2) is 0 Å². The largest absolute Gasteiger partial charge is 0.383 e. The van der Waals surface area contributed by atoms with Gasteiger partial charge in [0.25, 0.3) is 5.91 Å². The van der Waals surface area contributed by atoms with Gasteiger partial charge in [-0.15, -0.1) is 0 Å². The second-order valence-corrected chi connectivity index (χ2v) is 5.90. The average Bonchev–Trinajstić information content (AvgIpc) is 2.74. The van der Waals surface area contributed by atoms with Crippen LogP contribution in [0.5, 0.6) is 0 Å². The molecule has 114 valence electrons. The highest BCUT2D eigenvalue weighted by atomic mass is 32.1. The van der Waals surface area contributed by atoms with Gasteiger partial charge in [0, 0.05) is 26.7 Å². The van der Waals surface area contributed by atoms with Gasteiger partial charge in [0.05, 0.1) is 6.61 Å². The van der Waals surface area contributed by atoms with Crippen LogP contribution in [0.4, 0.5) is 10.9 Å². The molecular formula is C13H24N4O2S. The minimum atomic E-state index is -0.0742. The van der Waals surface area contributed by atoms with Crippen LogP contribution in [0.25, 0.3) is 0 Å². The number of nitrogen functional groups attached to an aromatic ring is 1. The molecule has 3 N–H and O–H groups in total. The van der Waals surface area contributed by atoms with Crippen LogP contribution in [0.2, 0.25) is 0 Å². The van der Waals surface area contributed by atoms with Gasteiger partial charge in [-0.05, 0) is 12.8 Å². The Morgan fingerprint density at radius 1 is 1.55 bits per heavy atom. The fraction of sp³-hybridized carbons (Fsp3) is 0.692. The summed E-state index contributed by atoms with van der Waals surface area (Å²) < 4.78 is 5.06. The third-order valence-electron chi connectivity index (χ3n) is 2.61. The highest BCUT2D eigenvalue weighted by Gasteiger charge is 2.22. The number of nitrogens with two attached hydrogens (primary N) is 1. The van der Waals surface area contributed by atoms with E-state index >= 15 is 0 Å². The van der Waals surface area contributed by atoms with E-state index in [0.717, 1.165) is 6.54 Å². The summed E-state index contributed by atoms with van der Waals surface area (Å²) in [4.78, 5) is 19.0. The van der Waals surface area contributed by atoms with Crippen LogP contribution in [-0.2, 0) is 4.74 Å². The maximum Gasteiger partial charge on any atom is 0.267 e. The maximum absolute atomic E-state index is 12.6. The van der Waals surface area contributed by atoms with Gasteiger partial charge in [-0.25, -0.2) is 4.98 Å². The number of carbonyl (C=O) groups excluding carboxylic acids is 1. The number of ether oxygens (including phenoxy) is 1. The number of hydrogen-bond donors (Lipinski definition) is 2. The quantitative estimate of drug-likeness (QED) is 0.766. The molecule has 0 bridgehead atoms. The van der Waals surface area contributed by atoms with Crippen LogP contribution in [0.1, 0.15) is 30.4 Å². The zero-order valence-corrected chi connectivity index (χ0v) is 13.4. The SMILES string of the molecule is CCNc1nc(N)c(C(=O)N(CCOC)CC(C)C)s1. The fourth-order valence-corrected chi connectivity index (χ4v) is 2.69. The Hall–Kier alpha value is -1.34. The summed E-state index contributed by atoms with van der Waals surface area (Å²) in [5.41, 5.74) is 5.85. The van der Waals surface area contributed by atoms with E-state index in [2.05, 4.69) is 24.1 Å². The molecule has 0 aromatic carbocycles. The molecule has 0 aliphatic rings. The van der Waals surface area contributed by atoms with Crippen LogP contribution in [0.3, 0.4) is 0 Å². The first-order chi connectivity index (χ1) is 9.49. The summed E-state index contributed by atoms with van der Waals surface area (Å²) in [6, 6.07) is 0. The minimum Gasteiger partial charge on any atom is -0.383 e. The first kappa shape index (κ1) is 16.7. The predicted molar refractivity (Wildman–Crippen MR) is 83.3 cm³/mol. The number of methoxy groups -OCH3 is 1. The summed E-state index contributed by atoms with van der Waals surface area (Å²) in [6.45, 7) is 8.62. The number of nitrogens with one attached hydrogen (secondary N) is 1. The second-order valence-electron chi connectivity index (χ2n) is 4.90. The molecule has 1 amide bonds. The number of nitrogens with zero attached hydrogens (tertiary/aromatic N) is 2. The van der Waals surface area contributed by atoms with Crippen molar-refractivity contribution in [1.82, 2.24) is 9.88 Å². The van der Waals surface area contributed by atoms with Crippen molar-refractivity contribution < 1.29 is 9.53 Å². The number of thiazole rings is 1.